The van der Waals surface area contributed by atoms with Gasteiger partial charge in [-0.1, -0.05) is 37.3 Å². The third kappa shape index (κ3) is 3.81. The van der Waals surface area contributed by atoms with Crippen LogP contribution in [0, 0.1) is 0 Å². The normalized spacial score (nSPS) is 13.8. The molecule has 0 fully saturated rings. The molecule has 2 rings (SSSR count). The summed E-state index contributed by atoms with van der Waals surface area (Å²) in [5.41, 5.74) is 8.23. The molecule has 0 aliphatic heterocycles. The average molecular weight is 270 g/mol. The van der Waals surface area contributed by atoms with E-state index in [1.54, 1.807) is 6.20 Å². The first kappa shape index (κ1) is 14.5. The van der Waals surface area contributed by atoms with Gasteiger partial charge in [0.15, 0.2) is 0 Å². The standard InChI is InChI=1S/C17H22N2O/c1-3-9-20-16-10-15(12-19-13-16)17(2,18)11-14-7-5-4-6-8-14/h4-8,10,12-13H,3,9,11,18H2,1-2H3. The second-order valence-corrected chi connectivity index (χ2v) is 5.34. The Bertz CT molecular complexity index is 538. The summed E-state index contributed by atoms with van der Waals surface area (Å²) in [6.45, 7) is 4.81. The van der Waals surface area contributed by atoms with Gasteiger partial charge in [-0.25, -0.2) is 0 Å². The molecule has 0 aliphatic carbocycles. The van der Waals surface area contributed by atoms with Gasteiger partial charge in [-0.15, -0.1) is 0 Å². The second kappa shape index (κ2) is 6.53. The molecule has 1 aromatic heterocycles. The number of rotatable bonds is 6. The smallest absolute Gasteiger partial charge is 0.137 e. The van der Waals surface area contributed by atoms with E-state index < -0.39 is 5.54 Å². The van der Waals surface area contributed by atoms with Crippen molar-refractivity contribution in [2.45, 2.75) is 32.2 Å². The first-order valence-corrected chi connectivity index (χ1v) is 7.03. The summed E-state index contributed by atoms with van der Waals surface area (Å²) in [6, 6.07) is 12.3. The largest absolute Gasteiger partial charge is 0.492 e. The number of hydrogen-bond donors (Lipinski definition) is 1. The molecule has 0 saturated carbocycles. The highest BCUT2D eigenvalue weighted by Crippen LogP contribution is 2.25. The molecule has 0 spiro atoms. The lowest BCUT2D eigenvalue weighted by atomic mass is 9.87. The molecular formula is C17H22N2O. The van der Waals surface area contributed by atoms with Crippen LogP contribution < -0.4 is 10.5 Å². The third-order valence-corrected chi connectivity index (χ3v) is 3.26. The van der Waals surface area contributed by atoms with Crippen LogP contribution in [0.25, 0.3) is 0 Å². The molecule has 1 atom stereocenters. The van der Waals surface area contributed by atoms with Crippen LogP contribution in [-0.2, 0) is 12.0 Å². The van der Waals surface area contributed by atoms with E-state index >= 15 is 0 Å². The first-order chi connectivity index (χ1) is 9.62. The van der Waals surface area contributed by atoms with E-state index in [-0.39, 0.29) is 0 Å². The van der Waals surface area contributed by atoms with E-state index in [1.165, 1.54) is 5.56 Å². The van der Waals surface area contributed by atoms with Crippen molar-refractivity contribution in [3.8, 4) is 5.75 Å². The third-order valence-electron chi connectivity index (χ3n) is 3.26. The zero-order valence-corrected chi connectivity index (χ0v) is 12.2. The molecule has 2 aromatic rings. The number of ether oxygens (including phenoxy) is 1. The minimum Gasteiger partial charge on any atom is -0.492 e. The van der Waals surface area contributed by atoms with Gasteiger partial charge in [-0.2, -0.15) is 0 Å². The fraction of sp³-hybridized carbons (Fsp3) is 0.353. The second-order valence-electron chi connectivity index (χ2n) is 5.34. The molecule has 1 aromatic carbocycles. The van der Waals surface area contributed by atoms with E-state index in [1.807, 2.05) is 37.4 Å². The van der Waals surface area contributed by atoms with Gasteiger partial charge in [0.2, 0.25) is 0 Å². The van der Waals surface area contributed by atoms with Crippen LogP contribution in [0.3, 0.4) is 0 Å². The summed E-state index contributed by atoms with van der Waals surface area (Å²) in [4.78, 5) is 4.24. The highest BCUT2D eigenvalue weighted by atomic mass is 16.5. The molecule has 0 bridgehead atoms. The Balaban J connectivity index is 2.16. The number of nitrogens with two attached hydrogens (primary N) is 1. The highest BCUT2D eigenvalue weighted by molar-refractivity contribution is 5.31. The molecule has 3 nitrogen and oxygen atoms in total. The Morgan fingerprint density at radius 3 is 2.65 bits per heavy atom. The predicted molar refractivity (Wildman–Crippen MR) is 81.7 cm³/mol. The van der Waals surface area contributed by atoms with Crippen molar-refractivity contribution in [2.24, 2.45) is 5.73 Å². The van der Waals surface area contributed by atoms with Crippen molar-refractivity contribution >= 4 is 0 Å². The van der Waals surface area contributed by atoms with Gasteiger partial charge in [0, 0.05) is 11.7 Å². The van der Waals surface area contributed by atoms with Crippen molar-refractivity contribution < 1.29 is 4.74 Å². The SMILES string of the molecule is CCCOc1cncc(C(C)(N)Cc2ccccc2)c1. The van der Waals surface area contributed by atoms with E-state index in [2.05, 4.69) is 24.0 Å². The van der Waals surface area contributed by atoms with E-state index in [0.29, 0.717) is 6.61 Å². The summed E-state index contributed by atoms with van der Waals surface area (Å²) in [7, 11) is 0. The van der Waals surface area contributed by atoms with Crippen LogP contribution in [0.1, 0.15) is 31.4 Å². The van der Waals surface area contributed by atoms with Crippen molar-refractivity contribution in [3.05, 3.63) is 59.9 Å². The molecule has 0 radical (unpaired) electrons. The molecule has 2 N–H and O–H groups in total. The molecule has 0 amide bonds. The van der Waals surface area contributed by atoms with Crippen molar-refractivity contribution in [1.82, 2.24) is 4.98 Å². The summed E-state index contributed by atoms with van der Waals surface area (Å²) in [6.07, 6.45) is 5.31. The molecule has 1 unspecified atom stereocenters. The van der Waals surface area contributed by atoms with Crippen LogP contribution in [0.4, 0.5) is 0 Å². The molecule has 20 heavy (non-hydrogen) atoms. The quantitative estimate of drug-likeness (QED) is 0.876. The fourth-order valence-corrected chi connectivity index (χ4v) is 2.15. The molecule has 1 heterocycles. The van der Waals surface area contributed by atoms with Crippen molar-refractivity contribution in [1.29, 1.82) is 0 Å². The van der Waals surface area contributed by atoms with Gasteiger partial charge in [0.1, 0.15) is 5.75 Å². The maximum absolute atomic E-state index is 6.47. The highest BCUT2D eigenvalue weighted by Gasteiger charge is 2.22. The van der Waals surface area contributed by atoms with Crippen LogP contribution in [0.15, 0.2) is 48.8 Å². The lowest BCUT2D eigenvalue weighted by molar-refractivity contribution is 0.314. The number of nitrogens with zero attached hydrogens (tertiary/aromatic N) is 1. The lowest BCUT2D eigenvalue weighted by Gasteiger charge is -2.25. The Morgan fingerprint density at radius 2 is 1.95 bits per heavy atom. The van der Waals surface area contributed by atoms with Crippen LogP contribution in [-0.4, -0.2) is 11.6 Å². The van der Waals surface area contributed by atoms with Crippen molar-refractivity contribution in [2.75, 3.05) is 6.61 Å². The molecular weight excluding hydrogens is 248 g/mol. The molecule has 0 saturated heterocycles. The summed E-state index contributed by atoms with van der Waals surface area (Å²) < 4.78 is 5.62. The van der Waals surface area contributed by atoms with Crippen LogP contribution >= 0.6 is 0 Å². The summed E-state index contributed by atoms with van der Waals surface area (Å²) in [5, 5.41) is 0. The fourth-order valence-electron chi connectivity index (χ4n) is 2.15. The Kier molecular flexibility index (Phi) is 4.74. The lowest BCUT2D eigenvalue weighted by Crippen LogP contribution is -2.35. The van der Waals surface area contributed by atoms with Crippen LogP contribution in [0.5, 0.6) is 5.75 Å². The zero-order valence-electron chi connectivity index (χ0n) is 12.2. The maximum atomic E-state index is 6.47. The van der Waals surface area contributed by atoms with Gasteiger partial charge < -0.3 is 10.5 Å². The Hall–Kier alpha value is -1.87. The van der Waals surface area contributed by atoms with Gasteiger partial charge in [0.25, 0.3) is 0 Å². The summed E-state index contributed by atoms with van der Waals surface area (Å²) >= 11 is 0. The van der Waals surface area contributed by atoms with E-state index in [0.717, 1.165) is 24.2 Å². The Morgan fingerprint density at radius 1 is 1.20 bits per heavy atom. The topological polar surface area (TPSA) is 48.1 Å². The van der Waals surface area contributed by atoms with Gasteiger partial charge in [0.05, 0.1) is 12.8 Å². The summed E-state index contributed by atoms with van der Waals surface area (Å²) in [5.74, 6) is 0.786. The van der Waals surface area contributed by atoms with Crippen LogP contribution in [0.2, 0.25) is 0 Å². The van der Waals surface area contributed by atoms with E-state index in [9.17, 15) is 0 Å². The molecule has 3 heteroatoms. The minimum atomic E-state index is -0.458. The molecule has 0 aliphatic rings. The number of pyridine rings is 1. The van der Waals surface area contributed by atoms with Crippen molar-refractivity contribution in [3.63, 3.8) is 0 Å². The Labute approximate surface area is 120 Å². The van der Waals surface area contributed by atoms with Gasteiger partial charge in [-0.05, 0) is 37.0 Å². The maximum Gasteiger partial charge on any atom is 0.137 e. The monoisotopic (exact) mass is 270 g/mol. The minimum absolute atomic E-state index is 0.458. The van der Waals surface area contributed by atoms with Gasteiger partial charge in [-0.3, -0.25) is 4.98 Å². The number of aromatic nitrogens is 1. The number of benzene rings is 1. The predicted octanol–water partition coefficient (Wildman–Crippen LogP) is 3.29. The zero-order chi connectivity index (χ0) is 14.4. The molecule has 106 valence electrons. The van der Waals surface area contributed by atoms with E-state index in [4.69, 9.17) is 10.5 Å². The van der Waals surface area contributed by atoms with Gasteiger partial charge >= 0.3 is 0 Å². The first-order valence-electron chi connectivity index (χ1n) is 7.03. The number of hydrogen-bond acceptors (Lipinski definition) is 3. The average Bonchev–Trinajstić information content (AvgIpc) is 2.46.